The maximum atomic E-state index is 11.7. The Kier molecular flexibility index (Phi) is 7.34. The van der Waals surface area contributed by atoms with Crippen molar-refractivity contribution in [2.45, 2.75) is 32.9 Å². The van der Waals surface area contributed by atoms with Crippen LogP contribution in [0.1, 0.15) is 23.6 Å². The number of ether oxygens (including phenoxy) is 3. The summed E-state index contributed by atoms with van der Waals surface area (Å²) in [5.41, 5.74) is 8.04. The molecule has 0 aliphatic heterocycles. The number of rotatable bonds is 9. The van der Waals surface area contributed by atoms with Crippen molar-refractivity contribution in [2.24, 2.45) is 5.73 Å². The van der Waals surface area contributed by atoms with Gasteiger partial charge in [-0.1, -0.05) is 12.1 Å². The summed E-state index contributed by atoms with van der Waals surface area (Å²) in [5, 5.41) is 11.2. The van der Waals surface area contributed by atoms with Crippen LogP contribution in [0.2, 0.25) is 0 Å². The van der Waals surface area contributed by atoms with Gasteiger partial charge in [0.05, 0.1) is 18.6 Å². The van der Waals surface area contributed by atoms with Crippen LogP contribution in [0.3, 0.4) is 0 Å². The van der Waals surface area contributed by atoms with Crippen LogP contribution in [-0.4, -0.2) is 30.7 Å². The van der Waals surface area contributed by atoms with Crippen LogP contribution in [0.25, 0.3) is 0 Å². The Morgan fingerprint density at radius 2 is 1.93 bits per heavy atom. The number of carbonyl (C=O) groups is 1. The van der Waals surface area contributed by atoms with E-state index in [0.717, 1.165) is 11.1 Å². The van der Waals surface area contributed by atoms with Crippen molar-refractivity contribution in [3.05, 3.63) is 63.2 Å². The molecule has 2 aromatic rings. The van der Waals surface area contributed by atoms with E-state index >= 15 is 0 Å². The van der Waals surface area contributed by atoms with Gasteiger partial charge in [0, 0.05) is 11.6 Å². The molecule has 0 saturated carbocycles. The average Bonchev–Trinajstić information content (AvgIpc) is 2.67. The van der Waals surface area contributed by atoms with Gasteiger partial charge in [-0.25, -0.2) is 0 Å². The zero-order valence-electron chi connectivity index (χ0n) is 16.1. The van der Waals surface area contributed by atoms with Crippen molar-refractivity contribution in [3.8, 4) is 11.5 Å². The van der Waals surface area contributed by atoms with Gasteiger partial charge in [-0.05, 0) is 49.6 Å². The van der Waals surface area contributed by atoms with E-state index in [9.17, 15) is 14.9 Å². The second-order valence-corrected chi connectivity index (χ2v) is 6.23. The zero-order chi connectivity index (χ0) is 20.7. The molecule has 0 bridgehead atoms. The first-order valence-electron chi connectivity index (χ1n) is 8.81. The Balaban J connectivity index is 2.19. The second-order valence-electron chi connectivity index (χ2n) is 6.23. The first-order chi connectivity index (χ1) is 13.3. The Hall–Kier alpha value is -3.13. The third kappa shape index (κ3) is 5.43. The van der Waals surface area contributed by atoms with E-state index in [1.807, 2.05) is 0 Å². The third-order valence-corrected chi connectivity index (χ3v) is 4.08. The van der Waals surface area contributed by atoms with Crippen LogP contribution in [0.5, 0.6) is 11.5 Å². The lowest BCUT2D eigenvalue weighted by Crippen LogP contribution is -2.34. The van der Waals surface area contributed by atoms with Crippen molar-refractivity contribution in [3.63, 3.8) is 0 Å². The lowest BCUT2D eigenvalue weighted by molar-refractivity contribution is -0.386. The molecule has 2 aromatic carbocycles. The van der Waals surface area contributed by atoms with Gasteiger partial charge < -0.3 is 19.9 Å². The standard InChI is InChI=1S/C20H24N2O6/c1-4-27-20(23)16(21)11-14-6-8-18(26-3)15(10-14)12-28-19-7-5-13(2)9-17(19)22(24)25/h5-10,16H,4,11-12,21H2,1-3H3. The summed E-state index contributed by atoms with van der Waals surface area (Å²) in [5.74, 6) is 0.279. The van der Waals surface area contributed by atoms with E-state index in [0.29, 0.717) is 17.7 Å². The molecule has 1 atom stereocenters. The summed E-state index contributed by atoms with van der Waals surface area (Å²) >= 11 is 0. The van der Waals surface area contributed by atoms with Gasteiger partial charge in [-0.2, -0.15) is 0 Å². The number of aryl methyl sites for hydroxylation is 1. The van der Waals surface area contributed by atoms with Crippen molar-refractivity contribution in [1.82, 2.24) is 0 Å². The van der Waals surface area contributed by atoms with Crippen LogP contribution >= 0.6 is 0 Å². The molecule has 28 heavy (non-hydrogen) atoms. The normalized spacial score (nSPS) is 11.6. The molecule has 2 rings (SSSR count). The number of nitro groups is 1. The number of carbonyl (C=O) groups excluding carboxylic acids is 1. The molecule has 0 heterocycles. The smallest absolute Gasteiger partial charge is 0.323 e. The molecule has 8 heteroatoms. The summed E-state index contributed by atoms with van der Waals surface area (Å²) < 4.78 is 15.9. The molecule has 0 spiro atoms. The summed E-state index contributed by atoms with van der Waals surface area (Å²) in [6, 6.07) is 9.35. The number of hydrogen-bond acceptors (Lipinski definition) is 7. The van der Waals surface area contributed by atoms with Gasteiger partial charge in [0.2, 0.25) is 0 Å². The highest BCUT2D eigenvalue weighted by molar-refractivity contribution is 5.75. The monoisotopic (exact) mass is 388 g/mol. The topological polar surface area (TPSA) is 114 Å². The Morgan fingerprint density at radius 3 is 2.57 bits per heavy atom. The molecule has 1 unspecified atom stereocenters. The quantitative estimate of drug-likeness (QED) is 0.399. The molecule has 0 aliphatic rings. The molecule has 150 valence electrons. The minimum atomic E-state index is -0.778. The highest BCUT2D eigenvalue weighted by atomic mass is 16.6. The minimum Gasteiger partial charge on any atom is -0.496 e. The Morgan fingerprint density at radius 1 is 1.21 bits per heavy atom. The number of nitrogens with two attached hydrogens (primary N) is 1. The SMILES string of the molecule is CCOC(=O)C(N)Cc1ccc(OC)c(COc2ccc(C)cc2[N+](=O)[O-])c1. The van der Waals surface area contributed by atoms with E-state index in [1.54, 1.807) is 44.2 Å². The summed E-state index contributed by atoms with van der Waals surface area (Å²) in [6.45, 7) is 3.83. The van der Waals surface area contributed by atoms with E-state index in [1.165, 1.54) is 13.2 Å². The lowest BCUT2D eigenvalue weighted by atomic mass is 10.0. The van der Waals surface area contributed by atoms with Crippen molar-refractivity contribution < 1.29 is 23.9 Å². The van der Waals surface area contributed by atoms with Crippen molar-refractivity contribution >= 4 is 11.7 Å². The van der Waals surface area contributed by atoms with Crippen LogP contribution in [0.15, 0.2) is 36.4 Å². The Bertz CT molecular complexity index is 853. The molecule has 0 saturated heterocycles. The molecule has 0 aliphatic carbocycles. The maximum Gasteiger partial charge on any atom is 0.323 e. The van der Waals surface area contributed by atoms with E-state index in [4.69, 9.17) is 19.9 Å². The molecule has 0 amide bonds. The number of benzene rings is 2. The molecule has 0 aromatic heterocycles. The largest absolute Gasteiger partial charge is 0.496 e. The second kappa shape index (κ2) is 9.70. The fraction of sp³-hybridized carbons (Fsp3) is 0.350. The number of esters is 1. The average molecular weight is 388 g/mol. The summed E-state index contributed by atoms with van der Waals surface area (Å²) in [4.78, 5) is 22.5. The highest BCUT2D eigenvalue weighted by Crippen LogP contribution is 2.30. The predicted molar refractivity (Wildman–Crippen MR) is 103 cm³/mol. The molecular weight excluding hydrogens is 364 g/mol. The van der Waals surface area contributed by atoms with Crippen LogP contribution in [0.4, 0.5) is 5.69 Å². The summed E-state index contributed by atoms with van der Waals surface area (Å²) in [6.07, 6.45) is 0.292. The lowest BCUT2D eigenvalue weighted by Gasteiger charge is -2.14. The summed E-state index contributed by atoms with van der Waals surface area (Å²) in [7, 11) is 1.52. The first kappa shape index (κ1) is 21.2. The fourth-order valence-electron chi connectivity index (χ4n) is 2.71. The van der Waals surface area contributed by atoms with Gasteiger partial charge in [0.15, 0.2) is 5.75 Å². The zero-order valence-corrected chi connectivity index (χ0v) is 16.1. The minimum absolute atomic E-state index is 0.0650. The van der Waals surface area contributed by atoms with Crippen molar-refractivity contribution in [1.29, 1.82) is 0 Å². The van der Waals surface area contributed by atoms with Gasteiger partial charge >= 0.3 is 11.7 Å². The molecule has 0 fully saturated rings. The number of methoxy groups -OCH3 is 1. The van der Waals surface area contributed by atoms with E-state index in [-0.39, 0.29) is 24.7 Å². The predicted octanol–water partition coefficient (Wildman–Crippen LogP) is 2.92. The van der Waals surface area contributed by atoms with E-state index < -0.39 is 16.9 Å². The Labute approximate surface area is 163 Å². The van der Waals surface area contributed by atoms with E-state index in [2.05, 4.69) is 0 Å². The number of nitrogens with zero attached hydrogens (tertiary/aromatic N) is 1. The number of nitro benzene ring substituents is 1. The molecule has 2 N–H and O–H groups in total. The third-order valence-electron chi connectivity index (χ3n) is 4.08. The maximum absolute atomic E-state index is 11.7. The highest BCUT2D eigenvalue weighted by Gasteiger charge is 2.18. The fourth-order valence-corrected chi connectivity index (χ4v) is 2.71. The van der Waals surface area contributed by atoms with Gasteiger partial charge in [-0.3, -0.25) is 14.9 Å². The van der Waals surface area contributed by atoms with Gasteiger partial charge in [-0.15, -0.1) is 0 Å². The van der Waals surface area contributed by atoms with Gasteiger partial charge in [0.1, 0.15) is 18.4 Å². The van der Waals surface area contributed by atoms with Crippen LogP contribution in [0, 0.1) is 17.0 Å². The van der Waals surface area contributed by atoms with Crippen LogP contribution in [-0.2, 0) is 22.6 Å². The molecule has 8 nitrogen and oxygen atoms in total. The number of hydrogen-bond donors (Lipinski definition) is 1. The molecule has 0 radical (unpaired) electrons. The van der Waals surface area contributed by atoms with Gasteiger partial charge in [0.25, 0.3) is 0 Å². The molecular formula is C20H24N2O6. The van der Waals surface area contributed by atoms with Crippen LogP contribution < -0.4 is 15.2 Å². The first-order valence-corrected chi connectivity index (χ1v) is 8.81. The van der Waals surface area contributed by atoms with Crippen molar-refractivity contribution in [2.75, 3.05) is 13.7 Å².